The Labute approximate surface area is 439 Å². The van der Waals surface area contributed by atoms with Gasteiger partial charge in [-0.05, 0) is 129 Å². The molecule has 1 aromatic rings. The van der Waals surface area contributed by atoms with Gasteiger partial charge in [-0.25, -0.2) is 0 Å². The van der Waals surface area contributed by atoms with E-state index in [9.17, 15) is 58.2 Å². The van der Waals surface area contributed by atoms with Crippen LogP contribution in [0.3, 0.4) is 0 Å². The van der Waals surface area contributed by atoms with Crippen LogP contribution in [0.1, 0.15) is 117 Å². The number of carboxylic acids is 1. The van der Waals surface area contributed by atoms with Crippen LogP contribution < -0.4 is 65.5 Å². The Hall–Kier alpha value is -6.28. The molecule has 1 fully saturated rings. The molecular formula is C50H85N13O12. The predicted octanol–water partition coefficient (Wildman–Crippen LogP) is -3.00. The minimum absolute atomic E-state index is 0.0243. The number of carbonyl (C=O) groups excluding carboxylic acids is 9. The second kappa shape index (κ2) is 34.3. The number of nitrogens with one attached hydrogen (secondary N) is 8. The van der Waals surface area contributed by atoms with Crippen molar-refractivity contribution in [1.29, 1.82) is 0 Å². The number of aliphatic hydroxyl groups is 1. The number of aliphatic hydroxyl groups excluding tert-OH is 1. The normalized spacial score (nSPS) is 16.8. The number of benzene rings is 1. The third-order valence-corrected chi connectivity index (χ3v) is 12.5. The predicted molar refractivity (Wildman–Crippen MR) is 278 cm³/mol. The quantitative estimate of drug-likeness (QED) is 0.0301. The number of carboxylic acid groups (broad SMARTS) is 1. The molecule has 25 heteroatoms. The van der Waals surface area contributed by atoms with Crippen molar-refractivity contribution in [2.45, 2.75) is 179 Å². The minimum atomic E-state index is -1.61. The lowest BCUT2D eigenvalue weighted by atomic mass is 10.00. The first kappa shape index (κ1) is 64.8. The van der Waals surface area contributed by atoms with Crippen LogP contribution in [-0.4, -0.2) is 167 Å². The van der Waals surface area contributed by atoms with Crippen molar-refractivity contribution in [3.63, 3.8) is 0 Å². The summed E-state index contributed by atoms with van der Waals surface area (Å²) in [6.07, 6.45) is 3.74. The molecule has 10 atom stereocenters. The van der Waals surface area contributed by atoms with Crippen LogP contribution in [0.4, 0.5) is 0 Å². The van der Waals surface area contributed by atoms with E-state index in [0.29, 0.717) is 57.1 Å². The number of amides is 9. The highest BCUT2D eigenvalue weighted by molar-refractivity contribution is 5.98. The van der Waals surface area contributed by atoms with Gasteiger partial charge >= 0.3 is 5.97 Å². The van der Waals surface area contributed by atoms with Crippen LogP contribution in [0.15, 0.2) is 30.3 Å². The van der Waals surface area contributed by atoms with Gasteiger partial charge in [0, 0.05) is 13.0 Å². The molecule has 422 valence electrons. The number of aliphatic carboxylic acids is 1. The zero-order valence-electron chi connectivity index (χ0n) is 44.2. The first-order valence-corrected chi connectivity index (χ1v) is 26.1. The van der Waals surface area contributed by atoms with E-state index in [1.165, 1.54) is 25.7 Å². The van der Waals surface area contributed by atoms with Crippen LogP contribution in [0.5, 0.6) is 0 Å². The molecule has 1 heterocycles. The standard InChI is InChI=1S/C50H85N13O12/c1-29(2)26-37(46(70)59-36(20-11-14-24-53)49(73)63-25-15-21-40(63)48(72)56-32(5)50(74)75)61-44(68)35(19-10-13-23-52)57-43(67)34(18-9-12-22-51)58-47(71)39(28-64)62-42(66)31(4)55-45(69)38(60-41(65)30(3)54)27-33-16-7-6-8-17-33/h6-8,16-17,29-32,34-40,64H,9-15,18-28,51-54H2,1-5H3,(H,55,69)(H,56,72)(H,57,67)(H,58,71)(H,59,70)(H,60,65)(H,61,68)(H,62,66)(H,74,75)/t30-,31-,32-,34-,35-,36-,37-,38-,39-,40-/m0/s1. The molecule has 25 nitrogen and oxygen atoms in total. The van der Waals surface area contributed by atoms with Gasteiger partial charge in [-0.15, -0.1) is 0 Å². The minimum Gasteiger partial charge on any atom is -0.480 e. The Morgan fingerprint density at radius 2 is 1.01 bits per heavy atom. The number of rotatable bonds is 35. The maximum Gasteiger partial charge on any atom is 0.325 e. The first-order valence-electron chi connectivity index (χ1n) is 26.1. The van der Waals surface area contributed by atoms with E-state index in [4.69, 9.17) is 22.9 Å². The molecule has 2 rings (SSSR count). The smallest absolute Gasteiger partial charge is 0.325 e. The molecule has 0 unspecified atom stereocenters. The van der Waals surface area contributed by atoms with Gasteiger partial charge in [0.05, 0.1) is 12.6 Å². The lowest BCUT2D eigenvalue weighted by molar-refractivity contribution is -0.144. The zero-order valence-corrected chi connectivity index (χ0v) is 44.2. The first-order chi connectivity index (χ1) is 35.6. The van der Waals surface area contributed by atoms with Gasteiger partial charge in [0.15, 0.2) is 0 Å². The SMILES string of the molecule is CC(C)C[C@H](NC(=O)[C@H](CCCCN)NC(=O)[C@H](CCCCN)NC(=O)[C@H](CO)NC(=O)[C@H](C)NC(=O)[C@H](Cc1ccccc1)NC(=O)[C@H](C)N)C(=O)N[C@@H](CCCCN)C(=O)N1CCC[C@H]1C(=O)N[C@@H](C)C(=O)O. The number of nitrogens with two attached hydrogens (primary N) is 4. The highest BCUT2D eigenvalue weighted by atomic mass is 16.4. The Morgan fingerprint density at radius 1 is 0.560 bits per heavy atom. The Kier molecular flexibility index (Phi) is 29.7. The van der Waals surface area contributed by atoms with Gasteiger partial charge in [-0.2, -0.15) is 0 Å². The highest BCUT2D eigenvalue weighted by Crippen LogP contribution is 2.21. The molecule has 0 aromatic heterocycles. The topological polar surface area (TPSA) is 415 Å². The van der Waals surface area contributed by atoms with E-state index in [0.717, 1.165) is 0 Å². The van der Waals surface area contributed by atoms with Crippen LogP contribution >= 0.6 is 0 Å². The number of carbonyl (C=O) groups is 10. The summed E-state index contributed by atoms with van der Waals surface area (Å²) in [4.78, 5) is 136. The third kappa shape index (κ3) is 23.0. The molecule has 1 aromatic carbocycles. The Balaban J connectivity index is 2.31. The lowest BCUT2D eigenvalue weighted by Crippen LogP contribution is -2.60. The van der Waals surface area contributed by atoms with Gasteiger partial charge in [0.25, 0.3) is 0 Å². The Bertz CT molecular complexity index is 2030. The molecule has 1 aliphatic heterocycles. The largest absolute Gasteiger partial charge is 0.480 e. The van der Waals surface area contributed by atoms with E-state index in [2.05, 4.69) is 42.5 Å². The fourth-order valence-corrected chi connectivity index (χ4v) is 8.17. The van der Waals surface area contributed by atoms with Crippen molar-refractivity contribution >= 4 is 59.1 Å². The molecule has 18 N–H and O–H groups in total. The average Bonchev–Trinajstić information content (AvgIpc) is 3.87. The number of unbranched alkanes of at least 4 members (excludes halogenated alkanes) is 3. The molecule has 1 aliphatic rings. The summed E-state index contributed by atoms with van der Waals surface area (Å²) in [6, 6.07) is -3.24. The molecular weight excluding hydrogens is 975 g/mol. The summed E-state index contributed by atoms with van der Waals surface area (Å²) in [6.45, 7) is 7.84. The van der Waals surface area contributed by atoms with Crippen molar-refractivity contribution < 1.29 is 58.2 Å². The van der Waals surface area contributed by atoms with Gasteiger partial charge in [0.2, 0.25) is 53.2 Å². The van der Waals surface area contributed by atoms with Crippen LogP contribution in [0.25, 0.3) is 0 Å². The van der Waals surface area contributed by atoms with Crippen molar-refractivity contribution in [3.8, 4) is 0 Å². The molecule has 0 aliphatic carbocycles. The lowest BCUT2D eigenvalue weighted by Gasteiger charge is -2.31. The average molecular weight is 1060 g/mol. The van der Waals surface area contributed by atoms with Crippen molar-refractivity contribution in [3.05, 3.63) is 35.9 Å². The molecule has 0 radical (unpaired) electrons. The molecule has 0 bridgehead atoms. The number of likely N-dealkylation sites (tertiary alicyclic amines) is 1. The maximum absolute atomic E-state index is 14.2. The summed E-state index contributed by atoms with van der Waals surface area (Å²) >= 11 is 0. The molecule has 0 saturated carbocycles. The molecule has 9 amide bonds. The van der Waals surface area contributed by atoms with Gasteiger partial charge < -0.3 is 80.6 Å². The number of nitrogens with zero attached hydrogens (tertiary/aromatic N) is 1. The van der Waals surface area contributed by atoms with E-state index in [-0.39, 0.29) is 64.1 Å². The van der Waals surface area contributed by atoms with Gasteiger partial charge in [-0.1, -0.05) is 44.2 Å². The van der Waals surface area contributed by atoms with Crippen LogP contribution in [0.2, 0.25) is 0 Å². The van der Waals surface area contributed by atoms with E-state index in [1.807, 2.05) is 13.8 Å². The van der Waals surface area contributed by atoms with Crippen LogP contribution in [0, 0.1) is 5.92 Å². The number of hydrogen-bond donors (Lipinski definition) is 14. The van der Waals surface area contributed by atoms with E-state index >= 15 is 0 Å². The summed E-state index contributed by atoms with van der Waals surface area (Å²) < 4.78 is 0. The highest BCUT2D eigenvalue weighted by Gasteiger charge is 2.40. The monoisotopic (exact) mass is 1060 g/mol. The fourth-order valence-electron chi connectivity index (χ4n) is 8.17. The van der Waals surface area contributed by atoms with Gasteiger partial charge in [-0.3, -0.25) is 47.9 Å². The van der Waals surface area contributed by atoms with Crippen molar-refractivity contribution in [2.75, 3.05) is 32.8 Å². The maximum atomic E-state index is 14.2. The summed E-state index contributed by atoms with van der Waals surface area (Å²) in [5.41, 5.74) is 23.7. The second-order valence-electron chi connectivity index (χ2n) is 19.5. The molecule has 75 heavy (non-hydrogen) atoms. The summed E-state index contributed by atoms with van der Waals surface area (Å²) in [5, 5.41) is 40.3. The molecule has 1 saturated heterocycles. The molecule has 0 spiro atoms. The summed E-state index contributed by atoms with van der Waals surface area (Å²) in [5.74, 6) is -8.01. The van der Waals surface area contributed by atoms with Crippen molar-refractivity contribution in [1.82, 2.24) is 47.4 Å². The van der Waals surface area contributed by atoms with E-state index in [1.54, 1.807) is 30.3 Å². The van der Waals surface area contributed by atoms with Gasteiger partial charge in [0.1, 0.15) is 54.4 Å². The van der Waals surface area contributed by atoms with Crippen molar-refractivity contribution in [2.24, 2.45) is 28.9 Å². The number of hydrogen-bond acceptors (Lipinski definition) is 15. The summed E-state index contributed by atoms with van der Waals surface area (Å²) in [7, 11) is 0. The van der Waals surface area contributed by atoms with E-state index < -0.39 is 126 Å². The fraction of sp³-hybridized carbons (Fsp3) is 0.680. The van der Waals surface area contributed by atoms with Crippen LogP contribution in [-0.2, 0) is 54.4 Å². The second-order valence-corrected chi connectivity index (χ2v) is 19.5. The zero-order chi connectivity index (χ0) is 56.2. The Morgan fingerprint density at radius 3 is 1.51 bits per heavy atom. The third-order valence-electron chi connectivity index (χ3n) is 12.5.